The van der Waals surface area contributed by atoms with Crippen LogP contribution in [0.2, 0.25) is 0 Å². The molecule has 0 saturated carbocycles. The first-order valence-electron chi connectivity index (χ1n) is 10.8. The maximum Gasteiger partial charge on any atom is 0.275 e. The van der Waals surface area contributed by atoms with Gasteiger partial charge in [0.25, 0.3) is 11.8 Å². The smallest absolute Gasteiger partial charge is 0.275 e. The van der Waals surface area contributed by atoms with E-state index in [1.807, 2.05) is 6.07 Å². The molecule has 3 aromatic rings. The number of anilines is 3. The lowest BCUT2D eigenvalue weighted by atomic mass is 10.1. The zero-order valence-electron chi connectivity index (χ0n) is 18.8. The molecule has 1 saturated heterocycles. The molecule has 1 fully saturated rings. The summed E-state index contributed by atoms with van der Waals surface area (Å²) in [5, 5.41) is 8.37. The van der Waals surface area contributed by atoms with Crippen LogP contribution in [0.4, 0.5) is 16.5 Å². The number of pyridine rings is 1. The first-order valence-corrected chi connectivity index (χ1v) is 11.7. The van der Waals surface area contributed by atoms with Crippen LogP contribution in [-0.2, 0) is 6.54 Å². The average molecular weight is 497 g/mol. The molecule has 2 N–H and O–H groups in total. The highest BCUT2D eigenvalue weighted by Crippen LogP contribution is 2.37. The van der Waals surface area contributed by atoms with Gasteiger partial charge in [-0.25, -0.2) is 4.98 Å². The molecule has 1 aromatic carbocycles. The van der Waals surface area contributed by atoms with Gasteiger partial charge in [0.15, 0.2) is 16.6 Å². The molecule has 184 valence electrons. The summed E-state index contributed by atoms with van der Waals surface area (Å²) in [6, 6.07) is 5.38. The number of thiazole rings is 1. The monoisotopic (exact) mass is 496 g/mol. The van der Waals surface area contributed by atoms with Crippen molar-refractivity contribution in [1.82, 2.24) is 15.3 Å². The first-order chi connectivity index (χ1) is 16.6. The molecule has 2 amide bonds. The van der Waals surface area contributed by atoms with Gasteiger partial charge in [-0.05, 0) is 23.8 Å². The number of aromatic nitrogens is 2. The predicted octanol–water partition coefficient (Wildman–Crippen LogP) is 3.01. The van der Waals surface area contributed by atoms with Crippen LogP contribution in [0.15, 0.2) is 36.0 Å². The van der Waals surface area contributed by atoms with Gasteiger partial charge in [-0.2, -0.15) is 0 Å². The van der Waals surface area contributed by atoms with E-state index >= 15 is 0 Å². The third kappa shape index (κ3) is 4.64. The fourth-order valence-electron chi connectivity index (χ4n) is 4.14. The SMILES string of the molecule is C.COc1cc2c(cc1OC)C(=O)N(c1nc(C(=O)Nc3cnccc3N3CCNCC3)cs1)C2. The van der Waals surface area contributed by atoms with Crippen molar-refractivity contribution in [3.63, 3.8) is 0 Å². The van der Waals surface area contributed by atoms with Gasteiger partial charge in [0, 0.05) is 43.3 Å². The molecule has 2 aliphatic heterocycles. The minimum absolute atomic E-state index is 0. The Labute approximate surface area is 207 Å². The van der Waals surface area contributed by atoms with Gasteiger partial charge in [0.2, 0.25) is 0 Å². The zero-order valence-corrected chi connectivity index (χ0v) is 19.6. The highest BCUT2D eigenvalue weighted by molar-refractivity contribution is 7.14. The fourth-order valence-corrected chi connectivity index (χ4v) is 4.94. The number of methoxy groups -OCH3 is 2. The van der Waals surface area contributed by atoms with Crippen LogP contribution in [-0.4, -0.2) is 62.2 Å². The van der Waals surface area contributed by atoms with Crippen molar-refractivity contribution < 1.29 is 19.1 Å². The van der Waals surface area contributed by atoms with Crippen molar-refractivity contribution in [1.29, 1.82) is 0 Å². The Bertz CT molecular complexity index is 1240. The number of fused-ring (bicyclic) bond motifs is 1. The maximum atomic E-state index is 13.0. The summed E-state index contributed by atoms with van der Waals surface area (Å²) >= 11 is 1.25. The topological polar surface area (TPSA) is 109 Å². The van der Waals surface area contributed by atoms with E-state index in [-0.39, 0.29) is 24.9 Å². The van der Waals surface area contributed by atoms with Gasteiger partial charge >= 0.3 is 0 Å². The van der Waals surface area contributed by atoms with E-state index in [1.165, 1.54) is 18.4 Å². The number of rotatable bonds is 6. The molecular formula is C24H28N6O4S. The fraction of sp³-hybridized carbons (Fsp3) is 0.333. The van der Waals surface area contributed by atoms with Gasteiger partial charge in [-0.1, -0.05) is 7.43 Å². The van der Waals surface area contributed by atoms with Gasteiger partial charge in [0.05, 0.1) is 38.3 Å². The zero-order chi connectivity index (χ0) is 23.7. The molecule has 2 aromatic heterocycles. The number of nitrogens with zero attached hydrogens (tertiary/aromatic N) is 4. The van der Waals surface area contributed by atoms with Crippen molar-refractivity contribution in [2.75, 3.05) is 55.5 Å². The maximum absolute atomic E-state index is 13.0. The Hall–Kier alpha value is -3.70. The summed E-state index contributed by atoms with van der Waals surface area (Å²) < 4.78 is 10.7. The molecule has 0 atom stereocenters. The van der Waals surface area contributed by atoms with Crippen LogP contribution in [0.3, 0.4) is 0 Å². The summed E-state index contributed by atoms with van der Waals surface area (Å²) in [5.41, 5.74) is 3.16. The summed E-state index contributed by atoms with van der Waals surface area (Å²) in [7, 11) is 3.09. The molecule has 0 unspecified atom stereocenters. The Kier molecular flexibility index (Phi) is 7.17. The van der Waals surface area contributed by atoms with Crippen molar-refractivity contribution >= 4 is 39.7 Å². The summed E-state index contributed by atoms with van der Waals surface area (Å²) in [6.45, 7) is 3.81. The van der Waals surface area contributed by atoms with E-state index in [0.717, 1.165) is 37.4 Å². The molecule has 4 heterocycles. The molecular weight excluding hydrogens is 468 g/mol. The van der Waals surface area contributed by atoms with Gasteiger partial charge in [-0.3, -0.25) is 19.5 Å². The molecule has 0 radical (unpaired) electrons. The summed E-state index contributed by atoms with van der Waals surface area (Å²) in [4.78, 5) is 38.4. The van der Waals surface area contributed by atoms with Crippen molar-refractivity contribution in [2.24, 2.45) is 0 Å². The highest BCUT2D eigenvalue weighted by atomic mass is 32.1. The number of hydrogen-bond donors (Lipinski definition) is 2. The van der Waals surface area contributed by atoms with Crippen LogP contribution in [0.1, 0.15) is 33.8 Å². The Morgan fingerprint density at radius 3 is 2.66 bits per heavy atom. The number of carbonyl (C=O) groups excluding carboxylic acids is 2. The molecule has 0 aliphatic carbocycles. The lowest BCUT2D eigenvalue weighted by Gasteiger charge is -2.30. The normalized spacial score (nSPS) is 14.9. The molecule has 2 aliphatic rings. The van der Waals surface area contributed by atoms with Crippen molar-refractivity contribution in [2.45, 2.75) is 14.0 Å². The van der Waals surface area contributed by atoms with Gasteiger partial charge in [-0.15, -0.1) is 11.3 Å². The molecule has 0 spiro atoms. The molecule has 10 nitrogen and oxygen atoms in total. The number of piperazine rings is 1. The Morgan fingerprint density at radius 1 is 1.17 bits per heavy atom. The lowest BCUT2D eigenvalue weighted by molar-refractivity contribution is 0.0991. The molecule has 5 rings (SSSR count). The van der Waals surface area contributed by atoms with Crippen molar-refractivity contribution in [3.8, 4) is 11.5 Å². The number of nitrogens with one attached hydrogen (secondary N) is 2. The van der Waals surface area contributed by atoms with Crippen LogP contribution in [0, 0.1) is 0 Å². The number of hydrogen-bond acceptors (Lipinski definition) is 9. The van der Waals surface area contributed by atoms with E-state index < -0.39 is 0 Å². The number of amides is 2. The van der Waals surface area contributed by atoms with E-state index in [4.69, 9.17) is 9.47 Å². The largest absolute Gasteiger partial charge is 0.493 e. The number of ether oxygens (including phenoxy) is 2. The van der Waals surface area contributed by atoms with Crippen LogP contribution >= 0.6 is 11.3 Å². The van der Waals surface area contributed by atoms with Crippen LogP contribution in [0.25, 0.3) is 0 Å². The highest BCUT2D eigenvalue weighted by Gasteiger charge is 2.32. The standard InChI is InChI=1S/C23H24N6O4S.CH4/c1-32-19-9-14-12-29(22(31)15(14)10-20(19)33-2)23-27-17(13-34-23)21(30)26-16-11-25-4-3-18(16)28-7-5-24-6-8-28;/h3-4,9-11,13,24H,5-8,12H2,1-2H3,(H,26,30);1H4. The second-order valence-electron chi connectivity index (χ2n) is 7.85. The van der Waals surface area contributed by atoms with Crippen LogP contribution in [0.5, 0.6) is 11.5 Å². The first kappa shape index (κ1) is 24.4. The van der Waals surface area contributed by atoms with E-state index in [1.54, 1.807) is 41.9 Å². The van der Waals surface area contributed by atoms with Crippen molar-refractivity contribution in [3.05, 3.63) is 52.8 Å². The van der Waals surface area contributed by atoms with E-state index in [2.05, 4.69) is 25.5 Å². The van der Waals surface area contributed by atoms with E-state index in [9.17, 15) is 9.59 Å². The summed E-state index contributed by atoms with van der Waals surface area (Å²) in [6.07, 6.45) is 3.36. The van der Waals surface area contributed by atoms with E-state index in [0.29, 0.717) is 34.4 Å². The third-order valence-corrected chi connectivity index (χ3v) is 6.74. The Balaban J connectivity index is 0.00000289. The third-order valence-electron chi connectivity index (χ3n) is 5.87. The second kappa shape index (κ2) is 10.3. The molecule has 11 heteroatoms. The minimum Gasteiger partial charge on any atom is -0.493 e. The number of benzene rings is 1. The second-order valence-corrected chi connectivity index (χ2v) is 8.69. The minimum atomic E-state index is -0.348. The average Bonchev–Trinajstić information content (AvgIpc) is 3.49. The predicted molar refractivity (Wildman–Crippen MR) is 136 cm³/mol. The van der Waals surface area contributed by atoms with Gasteiger partial charge < -0.3 is 25.0 Å². The van der Waals surface area contributed by atoms with Crippen LogP contribution < -0.4 is 29.9 Å². The molecule has 0 bridgehead atoms. The lowest BCUT2D eigenvalue weighted by Crippen LogP contribution is -2.43. The summed E-state index contributed by atoms with van der Waals surface area (Å²) in [5.74, 6) is 0.518. The quantitative estimate of drug-likeness (QED) is 0.536. The molecule has 35 heavy (non-hydrogen) atoms. The van der Waals surface area contributed by atoms with Gasteiger partial charge in [0.1, 0.15) is 5.69 Å². The number of carbonyl (C=O) groups is 2. The Morgan fingerprint density at radius 2 is 1.91 bits per heavy atom.